The number of aliphatic hydroxyl groups is 1. The topological polar surface area (TPSA) is 120 Å². The molecule has 0 spiro atoms. The Morgan fingerprint density at radius 2 is 2.29 bits per heavy atom. The molecule has 10 heteroatoms. The highest BCUT2D eigenvalue weighted by molar-refractivity contribution is 7.33. The molecule has 1 aromatic heterocycles. The van der Waals surface area contributed by atoms with Gasteiger partial charge in [0.25, 0.3) is 5.56 Å². The molecule has 1 aromatic rings. The van der Waals surface area contributed by atoms with Crippen LogP contribution in [-0.4, -0.2) is 40.6 Å². The van der Waals surface area contributed by atoms with Gasteiger partial charge in [-0.15, -0.1) is 0 Å². The Balaban J connectivity index is 2.23. The molecule has 1 fully saturated rings. The first-order valence-electron chi connectivity index (χ1n) is 6.29. The molecule has 1 aliphatic rings. The van der Waals surface area contributed by atoms with E-state index in [1.54, 1.807) is 6.92 Å². The third-order valence-electron chi connectivity index (χ3n) is 3.23. The van der Waals surface area contributed by atoms with Gasteiger partial charge in [0.15, 0.2) is 0 Å². The Labute approximate surface area is 120 Å². The van der Waals surface area contributed by atoms with Crippen LogP contribution in [0, 0.1) is 6.92 Å². The van der Waals surface area contributed by atoms with Crippen molar-refractivity contribution in [3.8, 4) is 0 Å². The van der Waals surface area contributed by atoms with E-state index in [4.69, 9.17) is 9.26 Å². The summed E-state index contributed by atoms with van der Waals surface area (Å²) < 4.78 is 27.8. The van der Waals surface area contributed by atoms with E-state index in [0.29, 0.717) is 5.56 Å². The zero-order valence-corrected chi connectivity index (χ0v) is 12.6. The normalized spacial score (nSPS) is 26.9. The zero-order valence-electron chi connectivity index (χ0n) is 11.6. The average Bonchev–Trinajstić information content (AvgIpc) is 2.85. The number of ether oxygens (including phenoxy) is 1. The smallest absolute Gasteiger partial charge is 0.330 e. The van der Waals surface area contributed by atoms with Crippen molar-refractivity contribution >= 4 is 8.25 Å². The largest absolute Gasteiger partial charge is 0.394 e. The van der Waals surface area contributed by atoms with Crippen molar-refractivity contribution in [3.05, 3.63) is 32.6 Å². The van der Waals surface area contributed by atoms with Gasteiger partial charge in [0.1, 0.15) is 12.3 Å². The van der Waals surface area contributed by atoms with Gasteiger partial charge in [-0.05, 0) is 6.92 Å². The van der Waals surface area contributed by atoms with E-state index in [2.05, 4.69) is 9.51 Å². The molecule has 0 saturated carbocycles. The van der Waals surface area contributed by atoms with E-state index in [0.717, 1.165) is 0 Å². The summed E-state index contributed by atoms with van der Waals surface area (Å²) in [7, 11) is -1.42. The molecule has 2 heterocycles. The first-order valence-corrected chi connectivity index (χ1v) is 7.51. The molecule has 0 aliphatic carbocycles. The maximum Gasteiger partial charge on any atom is 0.330 e. The molecule has 21 heavy (non-hydrogen) atoms. The van der Waals surface area contributed by atoms with Gasteiger partial charge in [-0.1, -0.05) is 0 Å². The molecule has 2 N–H and O–H groups in total. The standard InChI is InChI=1S/C11H17N2O7P/c1-6-4-13(11(16)12-10(6)15)9-3-7(8(5-14)19-9)20-21(17)18-2/h4,7-9,14,21H,3,5H2,1-2H3,(H,12,15,16)/t7-,8+,9+/m0/s1. The lowest BCUT2D eigenvalue weighted by Crippen LogP contribution is -2.33. The SMILES string of the molecule is CO[PH](=O)O[C@H]1C[C@H](n2cc(C)c(=O)[nH]c2=O)O[C@@H]1CO. The third-order valence-corrected chi connectivity index (χ3v) is 4.06. The van der Waals surface area contributed by atoms with Gasteiger partial charge < -0.3 is 18.9 Å². The summed E-state index contributed by atoms with van der Waals surface area (Å²) >= 11 is 0. The average molecular weight is 320 g/mol. The van der Waals surface area contributed by atoms with E-state index in [9.17, 15) is 19.3 Å². The van der Waals surface area contributed by atoms with Gasteiger partial charge in [0, 0.05) is 25.3 Å². The molecular formula is C11H17N2O7P. The van der Waals surface area contributed by atoms with Gasteiger partial charge in [0.05, 0.1) is 12.7 Å². The Bertz CT molecular complexity index is 640. The van der Waals surface area contributed by atoms with Crippen LogP contribution in [0.15, 0.2) is 15.8 Å². The van der Waals surface area contributed by atoms with Crippen molar-refractivity contribution in [2.24, 2.45) is 0 Å². The fourth-order valence-corrected chi connectivity index (χ4v) is 2.72. The molecule has 0 radical (unpaired) electrons. The number of aliphatic hydroxyl groups excluding tert-OH is 1. The van der Waals surface area contributed by atoms with Gasteiger partial charge in [-0.25, -0.2) is 4.79 Å². The highest BCUT2D eigenvalue weighted by Crippen LogP contribution is 2.36. The molecule has 1 aliphatic heterocycles. The van der Waals surface area contributed by atoms with Gasteiger partial charge >= 0.3 is 13.9 Å². The minimum Gasteiger partial charge on any atom is -0.394 e. The van der Waals surface area contributed by atoms with Crippen LogP contribution in [0.25, 0.3) is 0 Å². The minimum atomic E-state index is -2.67. The summed E-state index contributed by atoms with van der Waals surface area (Å²) in [6.45, 7) is 1.21. The van der Waals surface area contributed by atoms with E-state index in [1.165, 1.54) is 17.9 Å². The number of H-pyrrole nitrogens is 1. The predicted octanol–water partition coefficient (Wildman–Crippen LogP) is -0.454. The van der Waals surface area contributed by atoms with E-state index >= 15 is 0 Å². The van der Waals surface area contributed by atoms with E-state index < -0.39 is 37.9 Å². The number of hydrogen-bond acceptors (Lipinski definition) is 7. The lowest BCUT2D eigenvalue weighted by Gasteiger charge is -2.15. The lowest BCUT2D eigenvalue weighted by atomic mass is 10.2. The number of nitrogens with one attached hydrogen (secondary N) is 1. The number of nitrogens with zero attached hydrogens (tertiary/aromatic N) is 1. The molecular weight excluding hydrogens is 303 g/mol. The van der Waals surface area contributed by atoms with Crippen molar-refractivity contribution in [1.29, 1.82) is 0 Å². The molecule has 0 amide bonds. The second kappa shape index (κ2) is 6.67. The zero-order chi connectivity index (χ0) is 15.6. The summed E-state index contributed by atoms with van der Waals surface area (Å²) in [4.78, 5) is 25.3. The Kier molecular flexibility index (Phi) is 5.13. The molecule has 0 aromatic carbocycles. The van der Waals surface area contributed by atoms with Gasteiger partial charge in [-0.3, -0.25) is 18.9 Å². The van der Waals surface area contributed by atoms with Gasteiger partial charge in [0.2, 0.25) is 0 Å². The minimum absolute atomic E-state index is 0.205. The number of aromatic amines is 1. The maximum absolute atomic E-state index is 11.8. The molecule has 9 nitrogen and oxygen atoms in total. The number of hydrogen-bond donors (Lipinski definition) is 2. The van der Waals surface area contributed by atoms with Crippen LogP contribution in [0.1, 0.15) is 18.2 Å². The van der Waals surface area contributed by atoms with Crippen LogP contribution in [0.2, 0.25) is 0 Å². The van der Waals surface area contributed by atoms with Crippen LogP contribution in [0.4, 0.5) is 0 Å². The summed E-state index contributed by atoms with van der Waals surface area (Å²) in [6.07, 6.45) is -0.524. The monoisotopic (exact) mass is 320 g/mol. The van der Waals surface area contributed by atoms with Crippen LogP contribution >= 0.6 is 8.25 Å². The van der Waals surface area contributed by atoms with Crippen molar-refractivity contribution in [3.63, 3.8) is 0 Å². The molecule has 4 atom stereocenters. The fraction of sp³-hybridized carbons (Fsp3) is 0.636. The first kappa shape index (κ1) is 16.1. The van der Waals surface area contributed by atoms with E-state index in [1.807, 2.05) is 0 Å². The van der Waals surface area contributed by atoms with Crippen molar-refractivity contribution in [1.82, 2.24) is 9.55 Å². The first-order chi connectivity index (χ1) is 9.96. The molecule has 2 rings (SSSR count). The van der Waals surface area contributed by atoms with Crippen LogP contribution in [0.3, 0.4) is 0 Å². The molecule has 1 unspecified atom stereocenters. The Morgan fingerprint density at radius 1 is 1.57 bits per heavy atom. The fourth-order valence-electron chi connectivity index (χ4n) is 2.13. The highest BCUT2D eigenvalue weighted by Gasteiger charge is 2.38. The van der Waals surface area contributed by atoms with Crippen molar-refractivity contribution in [2.75, 3.05) is 13.7 Å². The predicted molar refractivity (Wildman–Crippen MR) is 72.6 cm³/mol. The van der Waals surface area contributed by atoms with Gasteiger partial charge in [-0.2, -0.15) is 0 Å². The summed E-state index contributed by atoms with van der Waals surface area (Å²) in [6, 6.07) is 0. The number of aromatic nitrogens is 2. The highest BCUT2D eigenvalue weighted by atomic mass is 31.1. The Hall–Kier alpha value is -1.25. The van der Waals surface area contributed by atoms with Crippen LogP contribution in [0.5, 0.6) is 0 Å². The summed E-state index contributed by atoms with van der Waals surface area (Å²) in [5, 5.41) is 9.27. The van der Waals surface area contributed by atoms with E-state index in [-0.39, 0.29) is 13.0 Å². The second-order valence-corrected chi connectivity index (χ2v) is 5.78. The number of aryl methyl sites for hydroxylation is 1. The van der Waals surface area contributed by atoms with Crippen LogP contribution < -0.4 is 11.2 Å². The third kappa shape index (κ3) is 3.50. The van der Waals surface area contributed by atoms with Crippen molar-refractivity contribution < 1.29 is 23.5 Å². The molecule has 0 bridgehead atoms. The molecule has 118 valence electrons. The van der Waals surface area contributed by atoms with Crippen molar-refractivity contribution in [2.45, 2.75) is 31.8 Å². The summed E-state index contributed by atoms with van der Waals surface area (Å²) in [5.41, 5.74) is -0.730. The maximum atomic E-state index is 11.8. The summed E-state index contributed by atoms with van der Waals surface area (Å²) in [5.74, 6) is 0. The number of rotatable bonds is 5. The quantitative estimate of drug-likeness (QED) is 0.705. The second-order valence-electron chi connectivity index (χ2n) is 4.64. The van der Waals surface area contributed by atoms with Crippen LogP contribution in [-0.2, 0) is 18.3 Å². The Morgan fingerprint density at radius 3 is 2.90 bits per heavy atom. The lowest BCUT2D eigenvalue weighted by molar-refractivity contribution is -0.0426. The molecule has 1 saturated heterocycles.